The van der Waals surface area contributed by atoms with Gasteiger partial charge in [-0.3, -0.25) is 13.9 Å². The van der Waals surface area contributed by atoms with Gasteiger partial charge in [-0.15, -0.1) is 0 Å². The van der Waals surface area contributed by atoms with Gasteiger partial charge in [0.15, 0.2) is 0 Å². The van der Waals surface area contributed by atoms with Crippen LogP contribution in [0, 0.1) is 13.8 Å². The van der Waals surface area contributed by atoms with Crippen LogP contribution in [0.2, 0.25) is 0 Å². The van der Waals surface area contributed by atoms with Gasteiger partial charge in [0.25, 0.3) is 10.0 Å². The molecule has 40 heavy (non-hydrogen) atoms. The second kappa shape index (κ2) is 13.6. The zero-order valence-corrected chi connectivity index (χ0v) is 25.2. The summed E-state index contributed by atoms with van der Waals surface area (Å²) >= 11 is 0. The summed E-state index contributed by atoms with van der Waals surface area (Å²) in [6.07, 6.45) is 0.970. The number of anilines is 1. The molecule has 0 aliphatic rings. The van der Waals surface area contributed by atoms with Crippen molar-refractivity contribution in [2.45, 2.75) is 77.9 Å². The Kier molecular flexibility index (Phi) is 10.5. The molecule has 0 aliphatic heterocycles. The highest BCUT2D eigenvalue weighted by molar-refractivity contribution is 7.92. The average Bonchev–Trinajstić information content (AvgIpc) is 2.92. The molecular formula is C32H41N3O4S. The highest BCUT2D eigenvalue weighted by Gasteiger charge is 2.34. The maximum Gasteiger partial charge on any atom is 0.264 e. The maximum atomic E-state index is 14.2. The number of hydrogen-bond donors (Lipinski definition) is 1. The number of sulfonamides is 1. The largest absolute Gasteiger partial charge is 0.352 e. The SMILES string of the molecule is CCc1ccccc1N(CC(=O)N(Cc1ccc(C)cc1)C(CC)C(=O)NC(C)C)S(=O)(=O)c1ccc(C)cc1. The van der Waals surface area contributed by atoms with Crippen molar-refractivity contribution in [1.82, 2.24) is 10.2 Å². The third kappa shape index (κ3) is 7.50. The molecule has 0 aromatic heterocycles. The van der Waals surface area contributed by atoms with Crippen molar-refractivity contribution in [3.63, 3.8) is 0 Å². The molecule has 0 radical (unpaired) electrons. The summed E-state index contributed by atoms with van der Waals surface area (Å²) in [5.41, 5.74) is 4.13. The van der Waals surface area contributed by atoms with Gasteiger partial charge >= 0.3 is 0 Å². The first-order valence-corrected chi connectivity index (χ1v) is 15.2. The van der Waals surface area contributed by atoms with Gasteiger partial charge in [0.2, 0.25) is 11.8 Å². The van der Waals surface area contributed by atoms with E-state index in [0.29, 0.717) is 18.5 Å². The molecule has 214 valence electrons. The van der Waals surface area contributed by atoms with Crippen molar-refractivity contribution in [1.29, 1.82) is 0 Å². The second-order valence-corrected chi connectivity index (χ2v) is 12.3. The van der Waals surface area contributed by atoms with Crippen molar-refractivity contribution < 1.29 is 18.0 Å². The first kappa shape index (κ1) is 30.9. The molecule has 7 nitrogen and oxygen atoms in total. The summed E-state index contributed by atoms with van der Waals surface area (Å²) in [6, 6.07) is 20.7. The summed E-state index contributed by atoms with van der Waals surface area (Å²) in [5, 5.41) is 2.92. The minimum atomic E-state index is -4.10. The molecular weight excluding hydrogens is 522 g/mol. The van der Waals surface area contributed by atoms with Gasteiger partial charge in [-0.05, 0) is 69.9 Å². The van der Waals surface area contributed by atoms with E-state index in [4.69, 9.17) is 0 Å². The van der Waals surface area contributed by atoms with E-state index in [0.717, 1.165) is 22.3 Å². The first-order valence-electron chi connectivity index (χ1n) is 13.8. The molecule has 0 heterocycles. The predicted molar refractivity (Wildman–Crippen MR) is 161 cm³/mol. The van der Waals surface area contributed by atoms with Gasteiger partial charge in [-0.2, -0.15) is 0 Å². The molecule has 8 heteroatoms. The average molecular weight is 564 g/mol. The zero-order chi connectivity index (χ0) is 29.4. The van der Waals surface area contributed by atoms with Gasteiger partial charge in [-0.1, -0.05) is 79.6 Å². The van der Waals surface area contributed by atoms with E-state index in [-0.39, 0.29) is 23.4 Å². The molecule has 3 aromatic carbocycles. The molecule has 1 unspecified atom stereocenters. The van der Waals surface area contributed by atoms with Crippen molar-refractivity contribution in [2.24, 2.45) is 0 Å². The van der Waals surface area contributed by atoms with Crippen molar-refractivity contribution in [3.8, 4) is 0 Å². The minimum absolute atomic E-state index is 0.103. The smallest absolute Gasteiger partial charge is 0.264 e. The molecule has 0 spiro atoms. The number of nitrogens with zero attached hydrogens (tertiary/aromatic N) is 2. The first-order chi connectivity index (χ1) is 19.0. The van der Waals surface area contributed by atoms with Crippen LogP contribution in [-0.4, -0.2) is 43.8 Å². The molecule has 3 rings (SSSR count). The van der Waals surface area contributed by atoms with Crippen molar-refractivity contribution in [3.05, 3.63) is 95.1 Å². The number of para-hydroxylation sites is 1. The van der Waals surface area contributed by atoms with Crippen LogP contribution in [0.3, 0.4) is 0 Å². The van der Waals surface area contributed by atoms with Gasteiger partial charge in [0.1, 0.15) is 12.6 Å². The molecule has 0 saturated carbocycles. The normalized spacial score (nSPS) is 12.2. The maximum absolute atomic E-state index is 14.2. The number of aryl methyl sites for hydroxylation is 3. The van der Waals surface area contributed by atoms with E-state index in [2.05, 4.69) is 5.32 Å². The van der Waals surface area contributed by atoms with Crippen LogP contribution < -0.4 is 9.62 Å². The number of amides is 2. The number of carbonyl (C=O) groups excluding carboxylic acids is 2. The fourth-order valence-electron chi connectivity index (χ4n) is 4.59. The number of benzene rings is 3. The van der Waals surface area contributed by atoms with E-state index < -0.39 is 28.5 Å². The Bertz CT molecular complexity index is 1400. The summed E-state index contributed by atoms with van der Waals surface area (Å²) < 4.78 is 29.3. The van der Waals surface area contributed by atoms with Crippen LogP contribution in [0.4, 0.5) is 5.69 Å². The van der Waals surface area contributed by atoms with Gasteiger partial charge in [-0.25, -0.2) is 8.42 Å². The number of hydrogen-bond acceptors (Lipinski definition) is 4. The monoisotopic (exact) mass is 563 g/mol. The number of nitrogens with one attached hydrogen (secondary N) is 1. The Morgan fingerprint density at radius 3 is 1.98 bits per heavy atom. The molecule has 0 fully saturated rings. The Balaban J connectivity index is 2.09. The highest BCUT2D eigenvalue weighted by atomic mass is 32.2. The zero-order valence-electron chi connectivity index (χ0n) is 24.3. The fourth-order valence-corrected chi connectivity index (χ4v) is 6.05. The third-order valence-electron chi connectivity index (χ3n) is 6.82. The molecule has 2 amide bonds. The number of carbonyl (C=O) groups is 2. The topological polar surface area (TPSA) is 86.8 Å². The van der Waals surface area contributed by atoms with Crippen molar-refractivity contribution >= 4 is 27.5 Å². The van der Waals surface area contributed by atoms with Crippen LogP contribution >= 0.6 is 0 Å². The van der Waals surface area contributed by atoms with E-state index in [1.54, 1.807) is 36.4 Å². The standard InChI is InChI=1S/C32H41N3O4S/c1-7-27-11-9-10-12-30(27)35(40(38,39)28-19-15-25(6)16-20-28)22-31(36)34(21-26-17-13-24(5)14-18-26)29(8-2)32(37)33-23(3)4/h9-20,23,29H,7-8,21-22H2,1-6H3,(H,33,37). The molecule has 3 aromatic rings. The van der Waals surface area contributed by atoms with Gasteiger partial charge in [0.05, 0.1) is 10.6 Å². The van der Waals surface area contributed by atoms with E-state index >= 15 is 0 Å². The molecule has 1 N–H and O–H groups in total. The number of rotatable bonds is 12. The van der Waals surface area contributed by atoms with Crippen LogP contribution in [0.1, 0.15) is 56.4 Å². The Morgan fingerprint density at radius 2 is 1.43 bits per heavy atom. The second-order valence-electron chi connectivity index (χ2n) is 10.4. The van der Waals surface area contributed by atoms with Crippen LogP contribution in [0.5, 0.6) is 0 Å². The third-order valence-corrected chi connectivity index (χ3v) is 8.59. The highest BCUT2D eigenvalue weighted by Crippen LogP contribution is 2.28. The van der Waals surface area contributed by atoms with Crippen LogP contribution in [-0.2, 0) is 32.6 Å². The lowest BCUT2D eigenvalue weighted by molar-refractivity contribution is -0.140. The summed E-state index contributed by atoms with van der Waals surface area (Å²) in [6.45, 7) is 11.2. The van der Waals surface area contributed by atoms with Crippen LogP contribution in [0.15, 0.2) is 77.7 Å². The summed E-state index contributed by atoms with van der Waals surface area (Å²) in [5.74, 6) is -0.715. The van der Waals surface area contributed by atoms with Crippen molar-refractivity contribution in [2.75, 3.05) is 10.8 Å². The van der Waals surface area contributed by atoms with Gasteiger partial charge < -0.3 is 10.2 Å². The summed E-state index contributed by atoms with van der Waals surface area (Å²) in [4.78, 5) is 29.0. The fraction of sp³-hybridized carbons (Fsp3) is 0.375. The van der Waals surface area contributed by atoms with Crippen LogP contribution in [0.25, 0.3) is 0 Å². The van der Waals surface area contributed by atoms with Gasteiger partial charge in [0, 0.05) is 12.6 Å². The predicted octanol–water partition coefficient (Wildman–Crippen LogP) is 5.39. The molecule has 0 saturated heterocycles. The minimum Gasteiger partial charge on any atom is -0.352 e. The van der Waals surface area contributed by atoms with E-state index in [9.17, 15) is 18.0 Å². The quantitative estimate of drug-likeness (QED) is 0.320. The Hall–Kier alpha value is -3.65. The molecule has 0 aliphatic carbocycles. The Morgan fingerprint density at radius 1 is 0.850 bits per heavy atom. The van der Waals surface area contributed by atoms with E-state index in [1.807, 2.05) is 77.9 Å². The lowest BCUT2D eigenvalue weighted by atomic mass is 10.1. The summed E-state index contributed by atoms with van der Waals surface area (Å²) in [7, 11) is -4.10. The van der Waals surface area contributed by atoms with E-state index in [1.165, 1.54) is 9.21 Å². The molecule has 1 atom stereocenters. The Labute approximate surface area is 239 Å². The molecule has 0 bridgehead atoms. The lowest BCUT2D eigenvalue weighted by Crippen LogP contribution is -2.53. The lowest BCUT2D eigenvalue weighted by Gasteiger charge is -2.34.